The van der Waals surface area contributed by atoms with Crippen LogP contribution in [-0.4, -0.2) is 5.91 Å². The van der Waals surface area contributed by atoms with Crippen molar-refractivity contribution >= 4 is 11.6 Å². The highest BCUT2D eigenvalue weighted by Crippen LogP contribution is 2.52. The molecular formula is C20H24FNO. The molecule has 3 atom stereocenters. The van der Waals surface area contributed by atoms with Gasteiger partial charge in [-0.2, -0.15) is 0 Å². The molecule has 0 heterocycles. The van der Waals surface area contributed by atoms with Crippen molar-refractivity contribution < 1.29 is 9.18 Å². The topological polar surface area (TPSA) is 29.1 Å². The molecule has 1 aromatic carbocycles. The summed E-state index contributed by atoms with van der Waals surface area (Å²) in [6.45, 7) is 0. The molecule has 0 bridgehead atoms. The molecule has 1 N–H and O–H groups in total. The standard InChI is InChI=1S/C20H24FNO/c21-15-11-13-16(14-12-15)22-20(23)19-17-9-7-5-3-1-2-4-6-8-10-18(17)19/h3-6,11-14,17-19H,1-2,7-10H2,(H,22,23)/t17-,18+,19?. The Bertz CT molecular complexity index is 566. The molecule has 1 saturated carbocycles. The zero-order valence-electron chi connectivity index (χ0n) is 13.4. The number of rotatable bonds is 2. The fourth-order valence-corrected chi connectivity index (χ4v) is 3.62. The maximum absolute atomic E-state index is 12.9. The molecule has 23 heavy (non-hydrogen) atoms. The van der Waals surface area contributed by atoms with Crippen LogP contribution in [0.25, 0.3) is 0 Å². The van der Waals surface area contributed by atoms with E-state index >= 15 is 0 Å². The summed E-state index contributed by atoms with van der Waals surface area (Å²) in [5.74, 6) is 0.909. The molecule has 3 heteroatoms. The van der Waals surface area contributed by atoms with Gasteiger partial charge in [-0.05, 0) is 74.6 Å². The molecule has 0 spiro atoms. The van der Waals surface area contributed by atoms with Gasteiger partial charge in [-0.15, -0.1) is 0 Å². The minimum atomic E-state index is -0.283. The lowest BCUT2D eigenvalue weighted by atomic mass is 10.1. The first kappa shape index (κ1) is 16.0. The molecule has 1 aromatic rings. The van der Waals surface area contributed by atoms with Gasteiger partial charge in [0.2, 0.25) is 5.91 Å². The van der Waals surface area contributed by atoms with E-state index in [4.69, 9.17) is 0 Å². The molecule has 1 amide bonds. The summed E-state index contributed by atoms with van der Waals surface area (Å²) in [7, 11) is 0. The van der Waals surface area contributed by atoms with Crippen molar-refractivity contribution in [3.8, 4) is 0 Å². The number of allylic oxidation sites excluding steroid dienone is 4. The number of fused-ring (bicyclic) bond motifs is 1. The van der Waals surface area contributed by atoms with Crippen molar-refractivity contribution in [2.45, 2.75) is 38.5 Å². The molecule has 122 valence electrons. The summed E-state index contributed by atoms with van der Waals surface area (Å²) in [6, 6.07) is 5.99. The van der Waals surface area contributed by atoms with E-state index < -0.39 is 0 Å². The Morgan fingerprint density at radius 3 is 1.96 bits per heavy atom. The maximum atomic E-state index is 12.9. The molecule has 2 aliphatic rings. The van der Waals surface area contributed by atoms with E-state index in [2.05, 4.69) is 29.6 Å². The molecular weight excluding hydrogens is 289 g/mol. The van der Waals surface area contributed by atoms with E-state index in [0.29, 0.717) is 17.5 Å². The molecule has 2 aliphatic carbocycles. The third kappa shape index (κ3) is 4.31. The highest BCUT2D eigenvalue weighted by atomic mass is 19.1. The number of hydrogen-bond acceptors (Lipinski definition) is 1. The van der Waals surface area contributed by atoms with Crippen LogP contribution < -0.4 is 5.32 Å². The van der Waals surface area contributed by atoms with Gasteiger partial charge in [0.25, 0.3) is 0 Å². The first-order valence-corrected chi connectivity index (χ1v) is 8.62. The van der Waals surface area contributed by atoms with Gasteiger partial charge in [0.1, 0.15) is 5.82 Å². The number of carbonyl (C=O) groups is 1. The summed E-state index contributed by atoms with van der Waals surface area (Å²) in [5, 5.41) is 2.94. The van der Waals surface area contributed by atoms with Gasteiger partial charge >= 0.3 is 0 Å². The predicted octanol–water partition coefficient (Wildman–Crippen LogP) is 5.09. The van der Waals surface area contributed by atoms with Crippen molar-refractivity contribution in [1.82, 2.24) is 0 Å². The highest BCUT2D eigenvalue weighted by molar-refractivity contribution is 5.94. The molecule has 0 saturated heterocycles. The molecule has 2 nitrogen and oxygen atoms in total. The van der Waals surface area contributed by atoms with E-state index in [1.54, 1.807) is 12.1 Å². The Morgan fingerprint density at radius 1 is 0.870 bits per heavy atom. The van der Waals surface area contributed by atoms with Crippen LogP contribution in [0.4, 0.5) is 10.1 Å². The van der Waals surface area contributed by atoms with Gasteiger partial charge in [-0.25, -0.2) is 4.39 Å². The SMILES string of the molecule is O=C(Nc1ccc(F)cc1)C1[C@H]2CCC=CCCC=CCC[C@@H]12. The maximum Gasteiger partial charge on any atom is 0.228 e. The molecule has 0 radical (unpaired) electrons. The average Bonchev–Trinajstić information content (AvgIpc) is 3.22. The quantitative estimate of drug-likeness (QED) is 0.757. The third-order valence-corrected chi connectivity index (χ3v) is 4.91. The van der Waals surface area contributed by atoms with Crippen molar-refractivity contribution in [3.63, 3.8) is 0 Å². The second-order valence-corrected chi connectivity index (χ2v) is 6.52. The summed E-state index contributed by atoms with van der Waals surface area (Å²) in [4.78, 5) is 12.5. The Hall–Kier alpha value is -1.90. The lowest BCUT2D eigenvalue weighted by Gasteiger charge is -2.04. The zero-order valence-corrected chi connectivity index (χ0v) is 13.4. The lowest BCUT2D eigenvalue weighted by Crippen LogP contribution is -2.15. The Kier molecular flexibility index (Phi) is 5.27. The van der Waals surface area contributed by atoms with Crippen LogP contribution in [0.15, 0.2) is 48.6 Å². The van der Waals surface area contributed by atoms with Gasteiger partial charge in [0, 0.05) is 11.6 Å². The fraction of sp³-hybridized carbons (Fsp3) is 0.450. The number of amides is 1. The van der Waals surface area contributed by atoms with Crippen molar-refractivity contribution in [2.24, 2.45) is 17.8 Å². The minimum Gasteiger partial charge on any atom is -0.326 e. The van der Waals surface area contributed by atoms with E-state index in [-0.39, 0.29) is 17.6 Å². The minimum absolute atomic E-state index is 0.0921. The van der Waals surface area contributed by atoms with Crippen LogP contribution in [0.2, 0.25) is 0 Å². The van der Waals surface area contributed by atoms with E-state index in [0.717, 1.165) is 38.5 Å². The summed E-state index contributed by atoms with van der Waals surface area (Å²) in [5.41, 5.74) is 0.679. The van der Waals surface area contributed by atoms with E-state index in [1.807, 2.05) is 0 Å². The van der Waals surface area contributed by atoms with Gasteiger partial charge in [0.05, 0.1) is 0 Å². The summed E-state index contributed by atoms with van der Waals surface area (Å²) in [6.07, 6.45) is 15.5. The molecule has 0 aliphatic heterocycles. The lowest BCUT2D eigenvalue weighted by molar-refractivity contribution is -0.117. The fourth-order valence-electron chi connectivity index (χ4n) is 3.62. The van der Waals surface area contributed by atoms with E-state index in [1.165, 1.54) is 12.1 Å². The van der Waals surface area contributed by atoms with Gasteiger partial charge < -0.3 is 5.32 Å². The van der Waals surface area contributed by atoms with Crippen LogP contribution >= 0.6 is 0 Å². The number of nitrogens with one attached hydrogen (secondary N) is 1. The smallest absolute Gasteiger partial charge is 0.228 e. The highest BCUT2D eigenvalue weighted by Gasteiger charge is 2.52. The van der Waals surface area contributed by atoms with Crippen molar-refractivity contribution in [3.05, 3.63) is 54.4 Å². The Morgan fingerprint density at radius 2 is 1.39 bits per heavy atom. The third-order valence-electron chi connectivity index (χ3n) is 4.91. The van der Waals surface area contributed by atoms with Crippen LogP contribution in [-0.2, 0) is 4.79 Å². The predicted molar refractivity (Wildman–Crippen MR) is 91.5 cm³/mol. The van der Waals surface area contributed by atoms with Crippen LogP contribution in [0, 0.1) is 23.6 Å². The first-order valence-electron chi connectivity index (χ1n) is 8.62. The molecule has 1 unspecified atom stereocenters. The largest absolute Gasteiger partial charge is 0.326 e. The van der Waals surface area contributed by atoms with Crippen LogP contribution in [0.5, 0.6) is 0 Å². The van der Waals surface area contributed by atoms with Gasteiger partial charge in [0.15, 0.2) is 0 Å². The molecule has 1 fully saturated rings. The molecule has 3 rings (SSSR count). The summed E-state index contributed by atoms with van der Waals surface area (Å²) >= 11 is 0. The van der Waals surface area contributed by atoms with Crippen LogP contribution in [0.3, 0.4) is 0 Å². The number of carbonyl (C=O) groups excluding carboxylic acids is 1. The van der Waals surface area contributed by atoms with Crippen LogP contribution in [0.1, 0.15) is 38.5 Å². The average molecular weight is 313 g/mol. The normalized spacial score (nSPS) is 27.4. The Labute approximate surface area is 137 Å². The zero-order chi connectivity index (χ0) is 16.1. The van der Waals surface area contributed by atoms with Crippen molar-refractivity contribution in [2.75, 3.05) is 5.32 Å². The summed E-state index contributed by atoms with van der Waals surface area (Å²) < 4.78 is 12.9. The number of anilines is 1. The monoisotopic (exact) mass is 313 g/mol. The number of hydrogen-bond donors (Lipinski definition) is 1. The second-order valence-electron chi connectivity index (χ2n) is 6.52. The Balaban J connectivity index is 1.60. The van der Waals surface area contributed by atoms with Crippen molar-refractivity contribution in [1.29, 1.82) is 0 Å². The number of halogens is 1. The van der Waals surface area contributed by atoms with E-state index in [9.17, 15) is 9.18 Å². The second kappa shape index (κ2) is 7.58. The first-order chi connectivity index (χ1) is 11.3. The van der Waals surface area contributed by atoms with Gasteiger partial charge in [-0.1, -0.05) is 24.3 Å². The molecule has 0 aromatic heterocycles. The number of benzene rings is 1. The van der Waals surface area contributed by atoms with Gasteiger partial charge in [-0.3, -0.25) is 4.79 Å².